The van der Waals surface area contributed by atoms with Crippen LogP contribution in [0.15, 0.2) is 29.2 Å². The lowest BCUT2D eigenvalue weighted by atomic mass is 10.1. The molecule has 1 aliphatic rings. The van der Waals surface area contributed by atoms with Gasteiger partial charge in [-0.05, 0) is 31.4 Å². The van der Waals surface area contributed by atoms with Gasteiger partial charge in [-0.15, -0.1) is 0 Å². The predicted octanol–water partition coefficient (Wildman–Crippen LogP) is 3.23. The number of aromatic nitrogens is 1. The maximum Gasteiger partial charge on any atom is 0.256 e. The quantitative estimate of drug-likeness (QED) is 0.605. The summed E-state index contributed by atoms with van der Waals surface area (Å²) in [7, 11) is 0. The molecule has 1 fully saturated rings. The van der Waals surface area contributed by atoms with Crippen LogP contribution in [0.2, 0.25) is 0 Å². The molecule has 1 aromatic heterocycles. The van der Waals surface area contributed by atoms with Crippen LogP contribution in [0.3, 0.4) is 0 Å². The number of nitrogens with one attached hydrogen (secondary N) is 1. The van der Waals surface area contributed by atoms with E-state index in [0.29, 0.717) is 23.7 Å². The third-order valence-electron chi connectivity index (χ3n) is 4.59. The van der Waals surface area contributed by atoms with Crippen LogP contribution in [0.5, 0.6) is 0 Å². The van der Waals surface area contributed by atoms with E-state index in [1.807, 2.05) is 16.7 Å². The van der Waals surface area contributed by atoms with E-state index in [0.717, 1.165) is 44.0 Å². The average molecular weight is 327 g/mol. The molecule has 0 spiro atoms. The van der Waals surface area contributed by atoms with Crippen LogP contribution in [0, 0.1) is 0 Å². The second-order valence-corrected chi connectivity index (χ2v) is 6.57. The highest BCUT2D eigenvalue weighted by atomic mass is 16.2. The summed E-state index contributed by atoms with van der Waals surface area (Å²) in [5.74, 6) is -0.295. The average Bonchev–Trinajstić information content (AvgIpc) is 3.39. The number of carbonyl (C=O) groups excluding carboxylic acids is 1. The summed E-state index contributed by atoms with van der Waals surface area (Å²) in [6.45, 7) is 2.75. The maximum atomic E-state index is 12.8. The van der Waals surface area contributed by atoms with E-state index in [4.69, 9.17) is 5.73 Å². The Morgan fingerprint density at radius 2 is 2.08 bits per heavy atom. The predicted molar refractivity (Wildman–Crippen MR) is 97.4 cm³/mol. The molecule has 0 unspecified atom stereocenters. The lowest BCUT2D eigenvalue weighted by molar-refractivity contribution is 0.0951. The molecule has 1 aliphatic carbocycles. The highest BCUT2D eigenvalue weighted by molar-refractivity contribution is 6.00. The van der Waals surface area contributed by atoms with Crippen molar-refractivity contribution in [2.24, 2.45) is 0 Å². The van der Waals surface area contributed by atoms with Crippen molar-refractivity contribution in [1.29, 1.82) is 0 Å². The fraction of sp³-hybridized carbons (Fsp3) is 0.474. The number of pyridine rings is 1. The summed E-state index contributed by atoms with van der Waals surface area (Å²) >= 11 is 0. The highest BCUT2D eigenvalue weighted by Crippen LogP contribution is 2.37. The van der Waals surface area contributed by atoms with Gasteiger partial charge in [0.15, 0.2) is 0 Å². The third kappa shape index (κ3) is 3.30. The van der Waals surface area contributed by atoms with E-state index in [1.165, 1.54) is 0 Å². The van der Waals surface area contributed by atoms with E-state index in [2.05, 4.69) is 12.2 Å². The Kier molecular flexibility index (Phi) is 4.88. The number of hydrogen-bond donors (Lipinski definition) is 2. The number of fused-ring (bicyclic) bond motifs is 1. The van der Waals surface area contributed by atoms with Crippen molar-refractivity contribution in [3.8, 4) is 0 Å². The van der Waals surface area contributed by atoms with Gasteiger partial charge in [0.2, 0.25) is 5.43 Å². The number of benzene rings is 1. The molecule has 0 saturated heterocycles. The van der Waals surface area contributed by atoms with Crippen LogP contribution < -0.4 is 16.5 Å². The molecular formula is C19H25N3O2. The Morgan fingerprint density at radius 1 is 1.29 bits per heavy atom. The van der Waals surface area contributed by atoms with Crippen LogP contribution in [0.4, 0.5) is 5.69 Å². The zero-order chi connectivity index (χ0) is 17.1. The van der Waals surface area contributed by atoms with Crippen molar-refractivity contribution in [3.63, 3.8) is 0 Å². The van der Waals surface area contributed by atoms with Gasteiger partial charge in [-0.3, -0.25) is 9.59 Å². The number of nitrogens with two attached hydrogens (primary N) is 1. The van der Waals surface area contributed by atoms with E-state index < -0.39 is 0 Å². The number of anilines is 1. The van der Waals surface area contributed by atoms with Crippen LogP contribution in [0.25, 0.3) is 10.9 Å². The molecule has 1 amide bonds. The summed E-state index contributed by atoms with van der Waals surface area (Å²) in [6.07, 6.45) is 8.21. The molecule has 5 heteroatoms. The van der Waals surface area contributed by atoms with Crippen LogP contribution >= 0.6 is 0 Å². The molecule has 24 heavy (non-hydrogen) atoms. The Balaban J connectivity index is 1.90. The topological polar surface area (TPSA) is 77.1 Å². The molecule has 0 bridgehead atoms. The minimum atomic E-state index is -0.295. The highest BCUT2D eigenvalue weighted by Gasteiger charge is 2.27. The van der Waals surface area contributed by atoms with Crippen molar-refractivity contribution in [2.75, 3.05) is 12.3 Å². The molecule has 0 atom stereocenters. The number of carbonyl (C=O) groups is 1. The second kappa shape index (κ2) is 7.07. The fourth-order valence-corrected chi connectivity index (χ4v) is 3.09. The first-order valence-corrected chi connectivity index (χ1v) is 8.85. The number of rotatable bonds is 7. The molecule has 3 N–H and O–H groups in total. The second-order valence-electron chi connectivity index (χ2n) is 6.57. The lowest BCUT2D eigenvalue weighted by Crippen LogP contribution is -2.30. The van der Waals surface area contributed by atoms with Gasteiger partial charge in [-0.25, -0.2) is 0 Å². The van der Waals surface area contributed by atoms with Crippen molar-refractivity contribution in [2.45, 2.75) is 51.5 Å². The molecule has 1 heterocycles. The van der Waals surface area contributed by atoms with Gasteiger partial charge in [-0.2, -0.15) is 0 Å². The van der Waals surface area contributed by atoms with E-state index in [1.54, 1.807) is 12.3 Å². The van der Waals surface area contributed by atoms with Gasteiger partial charge in [-0.1, -0.05) is 32.3 Å². The number of nitrogens with zero attached hydrogens (tertiary/aromatic N) is 1. The monoisotopic (exact) mass is 327 g/mol. The Morgan fingerprint density at radius 3 is 2.79 bits per heavy atom. The van der Waals surface area contributed by atoms with Gasteiger partial charge < -0.3 is 15.6 Å². The number of nitrogen functional groups attached to an aromatic ring is 1. The first-order valence-electron chi connectivity index (χ1n) is 8.85. The molecule has 3 rings (SSSR count). The largest absolute Gasteiger partial charge is 0.398 e. The Labute approximate surface area is 141 Å². The molecule has 0 aliphatic heterocycles. The first-order chi connectivity index (χ1) is 11.6. The van der Waals surface area contributed by atoms with Gasteiger partial charge in [0, 0.05) is 24.5 Å². The van der Waals surface area contributed by atoms with Gasteiger partial charge in [0.25, 0.3) is 5.91 Å². The van der Waals surface area contributed by atoms with Gasteiger partial charge in [0.1, 0.15) is 5.56 Å². The molecule has 5 nitrogen and oxygen atoms in total. The minimum Gasteiger partial charge on any atom is -0.398 e. The molecule has 2 aromatic rings. The molecule has 128 valence electrons. The summed E-state index contributed by atoms with van der Waals surface area (Å²) in [4.78, 5) is 25.3. The summed E-state index contributed by atoms with van der Waals surface area (Å²) in [5.41, 5.74) is 7.21. The molecular weight excluding hydrogens is 302 g/mol. The summed E-state index contributed by atoms with van der Waals surface area (Å²) in [6, 6.07) is 5.83. The number of amides is 1. The number of unbranched alkanes of at least 4 members (excludes halogenated alkanes) is 3. The van der Waals surface area contributed by atoms with Crippen molar-refractivity contribution in [3.05, 3.63) is 40.2 Å². The standard InChI is InChI=1S/C19H25N3O2/c1-2-3-4-5-11-21-19(24)14-12-22(13-9-10-13)16-8-6-7-15(20)17(16)18(14)23/h6-8,12-13H,2-5,9-11,20H2,1H3,(H,21,24). The first kappa shape index (κ1) is 16.6. The van der Waals surface area contributed by atoms with Gasteiger partial charge >= 0.3 is 0 Å². The van der Waals surface area contributed by atoms with Crippen molar-refractivity contribution in [1.82, 2.24) is 9.88 Å². The Hall–Kier alpha value is -2.30. The van der Waals surface area contributed by atoms with E-state index >= 15 is 0 Å². The maximum absolute atomic E-state index is 12.8. The molecule has 1 aromatic carbocycles. The lowest BCUT2D eigenvalue weighted by Gasteiger charge is -2.14. The van der Waals surface area contributed by atoms with E-state index in [-0.39, 0.29) is 16.9 Å². The van der Waals surface area contributed by atoms with Crippen LogP contribution in [-0.4, -0.2) is 17.0 Å². The van der Waals surface area contributed by atoms with E-state index in [9.17, 15) is 9.59 Å². The Bertz CT molecular complexity index is 806. The fourth-order valence-electron chi connectivity index (χ4n) is 3.09. The molecule has 1 saturated carbocycles. The molecule has 0 radical (unpaired) electrons. The zero-order valence-electron chi connectivity index (χ0n) is 14.2. The van der Waals surface area contributed by atoms with Crippen LogP contribution in [-0.2, 0) is 0 Å². The minimum absolute atomic E-state index is 0.197. The van der Waals surface area contributed by atoms with Gasteiger partial charge in [0.05, 0.1) is 10.9 Å². The normalized spacial score (nSPS) is 14.0. The smallest absolute Gasteiger partial charge is 0.256 e. The SMILES string of the molecule is CCCCCCNC(=O)c1cn(C2CC2)c2cccc(N)c2c1=O. The third-order valence-corrected chi connectivity index (χ3v) is 4.59. The van der Waals surface area contributed by atoms with Crippen molar-refractivity contribution >= 4 is 22.5 Å². The van der Waals surface area contributed by atoms with Crippen LogP contribution in [0.1, 0.15) is 61.8 Å². The van der Waals surface area contributed by atoms with Crippen molar-refractivity contribution < 1.29 is 4.79 Å². The summed E-state index contributed by atoms with van der Waals surface area (Å²) in [5, 5.41) is 3.34. The zero-order valence-corrected chi connectivity index (χ0v) is 14.2. The number of hydrogen-bond acceptors (Lipinski definition) is 3. The summed E-state index contributed by atoms with van der Waals surface area (Å²) < 4.78 is 2.04.